The van der Waals surface area contributed by atoms with Gasteiger partial charge < -0.3 is 5.32 Å². The number of hydrogen-bond donors (Lipinski definition) is 2. The van der Waals surface area contributed by atoms with Crippen molar-refractivity contribution in [1.29, 1.82) is 0 Å². The number of aromatic amines is 1. The second-order valence-electron chi connectivity index (χ2n) is 4.64. The summed E-state index contributed by atoms with van der Waals surface area (Å²) >= 11 is 3.54. The lowest BCUT2D eigenvalue weighted by atomic mass is 10.2. The Morgan fingerprint density at radius 2 is 2.32 bits per heavy atom. The molecule has 0 aliphatic carbocycles. The second kappa shape index (κ2) is 5.02. The molecule has 0 atom stereocenters. The van der Waals surface area contributed by atoms with Crippen molar-refractivity contribution in [2.75, 3.05) is 11.1 Å². The van der Waals surface area contributed by atoms with Crippen molar-refractivity contribution in [1.82, 2.24) is 10.2 Å². The van der Waals surface area contributed by atoms with Gasteiger partial charge in [-0.1, -0.05) is 0 Å². The lowest BCUT2D eigenvalue weighted by molar-refractivity contribution is 0.103. The summed E-state index contributed by atoms with van der Waals surface area (Å²) in [5.74, 6) is 2.76. The number of rotatable bonds is 2. The summed E-state index contributed by atoms with van der Waals surface area (Å²) < 4.78 is 0. The highest BCUT2D eigenvalue weighted by Crippen LogP contribution is 2.32. The van der Waals surface area contributed by atoms with Crippen LogP contribution in [-0.4, -0.2) is 21.9 Å². The van der Waals surface area contributed by atoms with Gasteiger partial charge in [0.25, 0.3) is 5.91 Å². The molecule has 0 spiro atoms. The maximum atomic E-state index is 12.2. The summed E-state index contributed by atoms with van der Waals surface area (Å²) in [5.41, 5.74) is 3.30. The number of hydrogen-bond acceptors (Lipinski definition) is 4. The fourth-order valence-corrected chi connectivity index (χ4v) is 4.30. The summed E-state index contributed by atoms with van der Waals surface area (Å²) in [6, 6.07) is 2.02. The molecular formula is C13H15N3OS2. The fraction of sp³-hybridized carbons (Fsp3) is 0.385. The Kier molecular flexibility index (Phi) is 3.36. The molecule has 0 unspecified atom stereocenters. The van der Waals surface area contributed by atoms with E-state index in [1.54, 1.807) is 11.3 Å². The Hall–Kier alpha value is -1.27. The second-order valence-corrected chi connectivity index (χ2v) is 6.88. The van der Waals surface area contributed by atoms with Crippen LogP contribution in [0.1, 0.15) is 31.4 Å². The fourth-order valence-electron chi connectivity index (χ4n) is 2.04. The third-order valence-corrected chi connectivity index (χ3v) is 5.58. The Morgan fingerprint density at radius 1 is 1.47 bits per heavy atom. The highest BCUT2D eigenvalue weighted by atomic mass is 32.2. The van der Waals surface area contributed by atoms with Gasteiger partial charge in [0.05, 0.1) is 4.88 Å². The van der Waals surface area contributed by atoms with Crippen LogP contribution in [0.5, 0.6) is 0 Å². The molecule has 0 aromatic carbocycles. The third kappa shape index (κ3) is 2.42. The molecule has 0 bridgehead atoms. The van der Waals surface area contributed by atoms with Crippen LogP contribution in [-0.2, 0) is 12.2 Å². The van der Waals surface area contributed by atoms with E-state index in [2.05, 4.69) is 15.5 Å². The molecule has 6 heteroatoms. The van der Waals surface area contributed by atoms with Crippen molar-refractivity contribution in [3.8, 4) is 0 Å². The molecule has 0 radical (unpaired) electrons. The normalized spacial score (nSPS) is 14.2. The van der Waals surface area contributed by atoms with Crippen molar-refractivity contribution in [3.05, 3.63) is 32.6 Å². The number of thiophene rings is 1. The minimum absolute atomic E-state index is 0.0565. The number of carbonyl (C=O) groups excluding carboxylic acids is 1. The van der Waals surface area contributed by atoms with Gasteiger partial charge in [0.1, 0.15) is 0 Å². The standard InChI is InChI=1S/C13H15N3OS2/c1-7-8(2)15-16-12(7)14-13(17)11-5-9-6-18-4-3-10(9)19-11/h5H,3-4,6H2,1-2H3,(H2,14,15,16,17). The maximum Gasteiger partial charge on any atom is 0.266 e. The predicted molar refractivity (Wildman–Crippen MR) is 80.2 cm³/mol. The van der Waals surface area contributed by atoms with Gasteiger partial charge in [0, 0.05) is 21.9 Å². The van der Waals surface area contributed by atoms with Crippen LogP contribution in [0, 0.1) is 13.8 Å². The topological polar surface area (TPSA) is 57.8 Å². The Labute approximate surface area is 120 Å². The van der Waals surface area contributed by atoms with Crippen LogP contribution in [0.3, 0.4) is 0 Å². The first-order valence-electron chi connectivity index (χ1n) is 6.17. The quantitative estimate of drug-likeness (QED) is 0.894. The third-order valence-electron chi connectivity index (χ3n) is 3.34. The van der Waals surface area contributed by atoms with Gasteiger partial charge in [-0.2, -0.15) is 16.9 Å². The zero-order valence-corrected chi connectivity index (χ0v) is 12.5. The van der Waals surface area contributed by atoms with Crippen LogP contribution in [0.2, 0.25) is 0 Å². The van der Waals surface area contributed by atoms with E-state index < -0.39 is 0 Å². The van der Waals surface area contributed by atoms with Gasteiger partial charge >= 0.3 is 0 Å². The zero-order valence-electron chi connectivity index (χ0n) is 10.9. The molecule has 3 heterocycles. The Balaban J connectivity index is 1.80. The van der Waals surface area contributed by atoms with E-state index in [1.807, 2.05) is 31.7 Å². The summed E-state index contributed by atoms with van der Waals surface area (Å²) in [4.78, 5) is 14.4. The molecule has 2 N–H and O–H groups in total. The van der Waals surface area contributed by atoms with E-state index in [1.165, 1.54) is 10.4 Å². The molecule has 1 aliphatic rings. The van der Waals surface area contributed by atoms with Gasteiger partial charge in [0.15, 0.2) is 5.82 Å². The smallest absolute Gasteiger partial charge is 0.266 e. The molecule has 4 nitrogen and oxygen atoms in total. The van der Waals surface area contributed by atoms with E-state index >= 15 is 0 Å². The van der Waals surface area contributed by atoms with Crippen LogP contribution < -0.4 is 5.32 Å². The summed E-state index contributed by atoms with van der Waals surface area (Å²) in [6.07, 6.45) is 1.08. The highest BCUT2D eigenvalue weighted by Gasteiger charge is 2.18. The number of carbonyl (C=O) groups is 1. The van der Waals surface area contributed by atoms with Crippen molar-refractivity contribution < 1.29 is 4.79 Å². The number of anilines is 1. The van der Waals surface area contributed by atoms with Gasteiger partial charge in [-0.3, -0.25) is 9.89 Å². The number of aryl methyl sites for hydroxylation is 2. The SMILES string of the molecule is Cc1[nH]nc(NC(=O)c2cc3c(s2)CCSC3)c1C. The molecule has 1 aliphatic heterocycles. The van der Waals surface area contributed by atoms with Gasteiger partial charge in [-0.25, -0.2) is 0 Å². The highest BCUT2D eigenvalue weighted by molar-refractivity contribution is 7.98. The molecule has 100 valence electrons. The number of fused-ring (bicyclic) bond motifs is 1. The first-order valence-corrected chi connectivity index (χ1v) is 8.14. The number of H-pyrrole nitrogens is 1. The summed E-state index contributed by atoms with van der Waals surface area (Å²) in [5, 5.41) is 9.86. The van der Waals surface area contributed by atoms with Crippen molar-refractivity contribution in [3.63, 3.8) is 0 Å². The predicted octanol–water partition coefficient (Wildman–Crippen LogP) is 3.13. The minimum atomic E-state index is -0.0565. The number of thioether (sulfide) groups is 1. The monoisotopic (exact) mass is 293 g/mol. The average molecular weight is 293 g/mol. The van der Waals surface area contributed by atoms with Crippen LogP contribution in [0.25, 0.3) is 0 Å². The summed E-state index contributed by atoms with van der Waals surface area (Å²) in [6.45, 7) is 3.89. The molecule has 2 aromatic rings. The van der Waals surface area contributed by atoms with Gasteiger partial charge in [-0.05, 0) is 37.7 Å². The molecule has 0 saturated heterocycles. The van der Waals surface area contributed by atoms with Crippen molar-refractivity contribution >= 4 is 34.8 Å². The Bertz CT molecular complexity index is 606. The van der Waals surface area contributed by atoms with Gasteiger partial charge in [0.2, 0.25) is 0 Å². The van der Waals surface area contributed by atoms with Crippen LogP contribution in [0.15, 0.2) is 6.07 Å². The van der Waals surface area contributed by atoms with Gasteiger partial charge in [-0.15, -0.1) is 11.3 Å². The summed E-state index contributed by atoms with van der Waals surface area (Å²) in [7, 11) is 0. The Morgan fingerprint density at radius 3 is 3.00 bits per heavy atom. The zero-order chi connectivity index (χ0) is 13.4. The number of aromatic nitrogens is 2. The van der Waals surface area contributed by atoms with Crippen molar-refractivity contribution in [2.24, 2.45) is 0 Å². The molecule has 2 aromatic heterocycles. The van der Waals surface area contributed by atoms with Crippen LogP contribution in [0.4, 0.5) is 5.82 Å². The lowest BCUT2D eigenvalue weighted by Crippen LogP contribution is -2.11. The molecule has 1 amide bonds. The van der Waals surface area contributed by atoms with E-state index in [4.69, 9.17) is 0 Å². The van der Waals surface area contributed by atoms with E-state index in [-0.39, 0.29) is 5.91 Å². The molecule has 0 fully saturated rings. The number of amides is 1. The average Bonchev–Trinajstić information content (AvgIpc) is 2.97. The molecule has 3 rings (SSSR count). The molecule has 19 heavy (non-hydrogen) atoms. The number of nitrogens with one attached hydrogen (secondary N) is 2. The minimum Gasteiger partial charge on any atom is -0.304 e. The van der Waals surface area contributed by atoms with Crippen LogP contribution >= 0.6 is 23.1 Å². The molecular weight excluding hydrogens is 278 g/mol. The van der Waals surface area contributed by atoms with E-state index in [0.717, 1.165) is 34.1 Å². The first kappa shape index (κ1) is 12.7. The lowest BCUT2D eigenvalue weighted by Gasteiger charge is -2.08. The first-order chi connectivity index (χ1) is 9.15. The largest absolute Gasteiger partial charge is 0.304 e. The van der Waals surface area contributed by atoms with E-state index in [0.29, 0.717) is 5.82 Å². The van der Waals surface area contributed by atoms with E-state index in [9.17, 15) is 4.79 Å². The maximum absolute atomic E-state index is 12.2. The number of nitrogens with zero attached hydrogens (tertiary/aromatic N) is 1. The molecule has 0 saturated carbocycles. The van der Waals surface area contributed by atoms with Crippen molar-refractivity contribution in [2.45, 2.75) is 26.0 Å².